The normalized spacial score (nSPS) is 16.3. The molecule has 1 nitrogen and oxygen atoms in total. The number of hydrogen-bond acceptors (Lipinski definition) is 1. The van der Waals surface area contributed by atoms with Crippen molar-refractivity contribution >= 4 is 5.57 Å². The molecule has 2 heteroatoms. The van der Waals surface area contributed by atoms with Gasteiger partial charge in [0.2, 0.25) is 0 Å². The van der Waals surface area contributed by atoms with Crippen molar-refractivity contribution in [2.24, 2.45) is 0 Å². The van der Waals surface area contributed by atoms with Crippen LogP contribution < -0.4 is 0 Å². The second kappa shape index (κ2) is 4.56. The van der Waals surface area contributed by atoms with Crippen LogP contribution in [-0.2, 0) is 0 Å². The van der Waals surface area contributed by atoms with Gasteiger partial charge in [-0.2, -0.15) is 0 Å². The molecule has 0 bridgehead atoms. The van der Waals surface area contributed by atoms with E-state index in [1.54, 1.807) is 6.20 Å². The molecule has 0 aliphatic heterocycles. The zero-order chi connectivity index (χ0) is 11.5. The zero-order valence-corrected chi connectivity index (χ0v) is 9.68. The van der Waals surface area contributed by atoms with Gasteiger partial charge in [-0.3, -0.25) is 4.98 Å². The summed E-state index contributed by atoms with van der Waals surface area (Å²) in [5.74, 6) is 0. The molecule has 15 heavy (non-hydrogen) atoms. The summed E-state index contributed by atoms with van der Waals surface area (Å²) in [6.07, 6.45) is 2.94. The van der Waals surface area contributed by atoms with E-state index in [1.165, 1.54) is 0 Å². The van der Waals surface area contributed by atoms with Crippen molar-refractivity contribution in [1.29, 1.82) is 0 Å². The Kier molecular flexibility index (Phi) is 3.61. The average molecular weight is 207 g/mol. The lowest BCUT2D eigenvalue weighted by molar-refractivity contribution is 0.393. The van der Waals surface area contributed by atoms with E-state index in [1.807, 2.05) is 32.9 Å². The summed E-state index contributed by atoms with van der Waals surface area (Å²) < 4.78 is 13.5. The molecule has 1 fully saturated rings. The Morgan fingerprint density at radius 3 is 2.40 bits per heavy atom. The second-order valence-corrected chi connectivity index (χ2v) is 3.66. The van der Waals surface area contributed by atoms with E-state index in [-0.39, 0.29) is 0 Å². The Morgan fingerprint density at radius 2 is 2.00 bits per heavy atom. The highest BCUT2D eigenvalue weighted by molar-refractivity contribution is 5.70. The minimum Gasteiger partial charge on any atom is -0.256 e. The van der Waals surface area contributed by atoms with Crippen LogP contribution in [0.3, 0.4) is 0 Å². The Hall–Kier alpha value is -1.18. The molecule has 0 spiro atoms. The quantitative estimate of drug-likeness (QED) is 0.716. The average Bonchev–Trinajstić information content (AvgIpc) is 3.01. The molecule has 0 atom stereocenters. The van der Waals surface area contributed by atoms with Crippen LogP contribution in [0.15, 0.2) is 24.9 Å². The first-order valence-corrected chi connectivity index (χ1v) is 5.43. The van der Waals surface area contributed by atoms with Crippen LogP contribution in [0.1, 0.15) is 37.9 Å². The van der Waals surface area contributed by atoms with Crippen LogP contribution >= 0.6 is 0 Å². The van der Waals surface area contributed by atoms with Gasteiger partial charge in [-0.25, -0.2) is 4.39 Å². The highest BCUT2D eigenvalue weighted by Gasteiger charge is 2.46. The molecule has 1 aromatic heterocycles. The molecular weight excluding hydrogens is 189 g/mol. The molecule has 0 unspecified atom stereocenters. The predicted octanol–water partition coefficient (Wildman–Crippen LogP) is 3.93. The Balaban J connectivity index is 0.000000531. The fourth-order valence-corrected chi connectivity index (χ4v) is 1.29. The van der Waals surface area contributed by atoms with Gasteiger partial charge in [0.1, 0.15) is 5.67 Å². The van der Waals surface area contributed by atoms with Crippen LogP contribution in [-0.4, -0.2) is 10.7 Å². The third-order valence-electron chi connectivity index (χ3n) is 2.45. The van der Waals surface area contributed by atoms with E-state index in [4.69, 9.17) is 0 Å². The van der Waals surface area contributed by atoms with Gasteiger partial charge in [0, 0.05) is 11.8 Å². The first-order chi connectivity index (χ1) is 7.12. The van der Waals surface area contributed by atoms with E-state index in [2.05, 4.69) is 11.6 Å². The number of alkyl halides is 1. The van der Waals surface area contributed by atoms with E-state index < -0.39 is 5.67 Å². The lowest BCUT2D eigenvalue weighted by atomic mass is 10.1. The minimum absolute atomic E-state index is 0.535. The molecule has 0 N–H and O–H groups in total. The maximum atomic E-state index is 13.5. The Bertz CT molecular complexity index is 336. The van der Waals surface area contributed by atoms with E-state index in [0.717, 1.165) is 5.56 Å². The molecule has 1 saturated carbocycles. The number of aromatic nitrogens is 1. The molecule has 1 aromatic rings. The lowest BCUT2D eigenvalue weighted by Crippen LogP contribution is -2.03. The molecule has 1 aliphatic rings. The number of pyridine rings is 1. The van der Waals surface area contributed by atoms with Crippen molar-refractivity contribution in [3.63, 3.8) is 0 Å². The summed E-state index contributed by atoms with van der Waals surface area (Å²) in [4.78, 5) is 4.15. The fourth-order valence-electron chi connectivity index (χ4n) is 1.29. The standard InChI is InChI=1S/C11H12FN.C2H6/c1-8-3-4-10(13-7-8)9(2)11(12)5-6-11;1-2/h3-4,7H,2,5-6H2,1H3;1-2H3. The molecule has 1 aliphatic carbocycles. The maximum absolute atomic E-state index is 13.5. The second-order valence-electron chi connectivity index (χ2n) is 3.66. The predicted molar refractivity (Wildman–Crippen MR) is 62.4 cm³/mol. The third-order valence-corrected chi connectivity index (χ3v) is 2.45. The van der Waals surface area contributed by atoms with Crippen molar-refractivity contribution in [2.45, 2.75) is 39.3 Å². The minimum atomic E-state index is -1.15. The molecule has 1 heterocycles. The van der Waals surface area contributed by atoms with Crippen molar-refractivity contribution < 1.29 is 4.39 Å². The Labute approximate surface area is 91.0 Å². The largest absolute Gasteiger partial charge is 0.256 e. The van der Waals surface area contributed by atoms with Gasteiger partial charge in [-0.05, 0) is 31.4 Å². The van der Waals surface area contributed by atoms with Gasteiger partial charge in [0.15, 0.2) is 0 Å². The third kappa shape index (κ3) is 2.65. The van der Waals surface area contributed by atoms with Crippen LogP contribution in [0.5, 0.6) is 0 Å². The van der Waals surface area contributed by atoms with Gasteiger partial charge >= 0.3 is 0 Å². The zero-order valence-electron chi connectivity index (χ0n) is 9.68. The van der Waals surface area contributed by atoms with E-state index >= 15 is 0 Å². The van der Waals surface area contributed by atoms with Gasteiger partial charge in [-0.15, -0.1) is 0 Å². The van der Waals surface area contributed by atoms with E-state index in [9.17, 15) is 4.39 Å². The maximum Gasteiger partial charge on any atom is 0.137 e. The van der Waals surface area contributed by atoms with Gasteiger partial charge in [0.05, 0.1) is 5.69 Å². The number of hydrogen-bond donors (Lipinski definition) is 0. The molecule has 0 amide bonds. The van der Waals surface area contributed by atoms with E-state index in [0.29, 0.717) is 24.1 Å². The first-order valence-electron chi connectivity index (χ1n) is 5.43. The first kappa shape index (κ1) is 11.9. The summed E-state index contributed by atoms with van der Waals surface area (Å²) in [6, 6.07) is 3.76. The molecule has 82 valence electrons. The molecule has 2 rings (SSSR count). The summed E-state index contributed by atoms with van der Waals surface area (Å²) >= 11 is 0. The number of allylic oxidation sites excluding steroid dienone is 1. The topological polar surface area (TPSA) is 12.9 Å². The SMILES string of the molecule is C=C(c1ccc(C)cn1)C1(F)CC1.CC. The smallest absolute Gasteiger partial charge is 0.137 e. The number of aryl methyl sites for hydroxylation is 1. The van der Waals surface area contributed by atoms with Crippen LogP contribution in [0.2, 0.25) is 0 Å². The van der Waals surface area contributed by atoms with Gasteiger partial charge < -0.3 is 0 Å². The van der Waals surface area contributed by atoms with Crippen molar-refractivity contribution in [3.05, 3.63) is 36.2 Å². The number of nitrogens with zero attached hydrogens (tertiary/aromatic N) is 1. The van der Waals surface area contributed by atoms with Crippen molar-refractivity contribution in [3.8, 4) is 0 Å². The summed E-state index contributed by atoms with van der Waals surface area (Å²) in [7, 11) is 0. The molecule has 0 radical (unpaired) electrons. The van der Waals surface area contributed by atoms with Crippen LogP contribution in [0, 0.1) is 6.92 Å². The van der Waals surface area contributed by atoms with Crippen molar-refractivity contribution in [2.75, 3.05) is 0 Å². The molecule has 0 saturated heterocycles. The van der Waals surface area contributed by atoms with Gasteiger partial charge in [0.25, 0.3) is 0 Å². The number of rotatable bonds is 2. The number of halogens is 1. The summed E-state index contributed by atoms with van der Waals surface area (Å²) in [6.45, 7) is 9.71. The molecule has 0 aromatic carbocycles. The highest BCUT2D eigenvalue weighted by atomic mass is 19.1. The fraction of sp³-hybridized carbons (Fsp3) is 0.462. The monoisotopic (exact) mass is 207 g/mol. The highest BCUT2D eigenvalue weighted by Crippen LogP contribution is 2.48. The van der Waals surface area contributed by atoms with Crippen LogP contribution in [0.4, 0.5) is 4.39 Å². The molecular formula is C13H18FN. The van der Waals surface area contributed by atoms with Crippen molar-refractivity contribution in [1.82, 2.24) is 4.98 Å². The Morgan fingerprint density at radius 1 is 1.40 bits per heavy atom. The van der Waals surface area contributed by atoms with Gasteiger partial charge in [-0.1, -0.05) is 26.5 Å². The van der Waals surface area contributed by atoms with Crippen LogP contribution in [0.25, 0.3) is 5.57 Å². The lowest BCUT2D eigenvalue weighted by Gasteiger charge is -2.08. The summed E-state index contributed by atoms with van der Waals surface area (Å²) in [5.41, 5.74) is 1.15. The summed E-state index contributed by atoms with van der Waals surface area (Å²) in [5, 5.41) is 0.